The number of benzene rings is 2. The van der Waals surface area contributed by atoms with E-state index in [1.165, 1.54) is 44.6 Å². The van der Waals surface area contributed by atoms with Crippen LogP contribution in [0.15, 0.2) is 36.9 Å². The van der Waals surface area contributed by atoms with E-state index in [0.717, 1.165) is 41.5 Å². The van der Waals surface area contributed by atoms with E-state index in [-0.39, 0.29) is 24.1 Å². The van der Waals surface area contributed by atoms with Crippen molar-refractivity contribution in [1.29, 1.82) is 0 Å². The van der Waals surface area contributed by atoms with Crippen molar-refractivity contribution in [2.45, 2.75) is 64.2 Å². The van der Waals surface area contributed by atoms with Gasteiger partial charge in [-0.25, -0.2) is 8.78 Å². The molecular weight excluding hydrogens is 366 g/mol. The van der Waals surface area contributed by atoms with Gasteiger partial charge < -0.3 is 4.74 Å². The lowest BCUT2D eigenvalue weighted by atomic mass is 9.63. The molecule has 2 saturated carbocycles. The summed E-state index contributed by atoms with van der Waals surface area (Å²) in [7, 11) is 0. The fourth-order valence-electron chi connectivity index (χ4n) is 5.82. The van der Waals surface area contributed by atoms with Crippen molar-refractivity contribution in [2.75, 3.05) is 6.61 Å². The molecule has 0 aliphatic heterocycles. The molecule has 0 N–H and O–H groups in total. The summed E-state index contributed by atoms with van der Waals surface area (Å²) in [6.07, 6.45) is 11.5. The summed E-state index contributed by atoms with van der Waals surface area (Å²) in [5.41, 5.74) is 0.769. The Labute approximate surface area is 173 Å². The lowest BCUT2D eigenvalue weighted by Gasteiger charge is -2.42. The highest BCUT2D eigenvalue weighted by Gasteiger charge is 2.36. The van der Waals surface area contributed by atoms with Gasteiger partial charge in [-0.3, -0.25) is 0 Å². The molecule has 2 fully saturated rings. The Morgan fingerprint density at radius 2 is 1.86 bits per heavy atom. The minimum atomic E-state index is -0.493. The molecule has 2 aliphatic rings. The highest BCUT2D eigenvalue weighted by atomic mass is 19.1. The van der Waals surface area contributed by atoms with Gasteiger partial charge in [-0.1, -0.05) is 44.9 Å². The van der Waals surface area contributed by atoms with Crippen molar-refractivity contribution in [3.63, 3.8) is 0 Å². The van der Waals surface area contributed by atoms with E-state index in [2.05, 4.69) is 13.5 Å². The molecule has 0 radical (unpaired) electrons. The van der Waals surface area contributed by atoms with E-state index >= 15 is 4.39 Å². The molecule has 0 heterocycles. The fraction of sp³-hybridized carbons (Fsp3) is 0.538. The normalized spacial score (nSPS) is 26.9. The van der Waals surface area contributed by atoms with Crippen LogP contribution in [0.3, 0.4) is 0 Å². The molecule has 0 aromatic heterocycles. The maximum atomic E-state index is 15.0. The smallest absolute Gasteiger partial charge is 0.172 e. The monoisotopic (exact) mass is 398 g/mol. The molecular formula is C26H32F2O. The molecule has 0 amide bonds. The average molecular weight is 399 g/mol. The first kappa shape index (κ1) is 20.4. The summed E-state index contributed by atoms with van der Waals surface area (Å²) in [5, 5.41) is 1.04. The largest absolute Gasteiger partial charge is 0.486 e. The Bertz CT molecular complexity index is 875. The minimum absolute atomic E-state index is 0.147. The summed E-state index contributed by atoms with van der Waals surface area (Å²) >= 11 is 0. The van der Waals surface area contributed by atoms with Crippen molar-refractivity contribution >= 4 is 10.8 Å². The van der Waals surface area contributed by atoms with Gasteiger partial charge in [-0.15, -0.1) is 0 Å². The van der Waals surface area contributed by atoms with E-state index in [9.17, 15) is 4.39 Å². The number of ether oxygens (including phenoxy) is 1. The van der Waals surface area contributed by atoms with E-state index in [0.29, 0.717) is 5.39 Å². The molecule has 4 rings (SSSR count). The van der Waals surface area contributed by atoms with Crippen molar-refractivity contribution < 1.29 is 13.5 Å². The van der Waals surface area contributed by atoms with Crippen LogP contribution in [0.5, 0.6) is 5.75 Å². The van der Waals surface area contributed by atoms with Gasteiger partial charge in [0.15, 0.2) is 11.6 Å². The SMILES string of the molecule is C=CCOc1ccc2cc([C@@H]3CC[C@@H]4CC(CCC)CCC4C3)c(F)cc2c1F. The van der Waals surface area contributed by atoms with E-state index in [1.807, 2.05) is 12.1 Å². The Morgan fingerprint density at radius 1 is 1.07 bits per heavy atom. The summed E-state index contributed by atoms with van der Waals surface area (Å²) < 4.78 is 35.1. The molecule has 0 saturated heterocycles. The number of hydrogen-bond donors (Lipinski definition) is 0. The Morgan fingerprint density at radius 3 is 2.66 bits per heavy atom. The van der Waals surface area contributed by atoms with Gasteiger partial charge in [-0.2, -0.15) is 0 Å². The second kappa shape index (κ2) is 8.85. The summed E-state index contributed by atoms with van der Waals surface area (Å²) in [5.74, 6) is 2.08. The van der Waals surface area contributed by atoms with Crippen molar-refractivity contribution in [2.24, 2.45) is 17.8 Å². The van der Waals surface area contributed by atoms with Crippen LogP contribution < -0.4 is 4.74 Å². The van der Waals surface area contributed by atoms with E-state index in [1.54, 1.807) is 12.1 Å². The van der Waals surface area contributed by atoms with Gasteiger partial charge in [0.25, 0.3) is 0 Å². The van der Waals surface area contributed by atoms with Gasteiger partial charge >= 0.3 is 0 Å². The van der Waals surface area contributed by atoms with Crippen LogP contribution in [0.2, 0.25) is 0 Å². The Balaban J connectivity index is 1.54. The first-order valence-corrected chi connectivity index (χ1v) is 11.3. The average Bonchev–Trinajstić information content (AvgIpc) is 2.73. The molecule has 3 heteroatoms. The lowest BCUT2D eigenvalue weighted by molar-refractivity contribution is 0.113. The zero-order valence-electron chi connectivity index (χ0n) is 17.4. The number of rotatable bonds is 6. The van der Waals surface area contributed by atoms with Crippen LogP contribution in [0.4, 0.5) is 8.78 Å². The number of fused-ring (bicyclic) bond motifs is 2. The second-order valence-corrected chi connectivity index (χ2v) is 9.07. The predicted octanol–water partition coefficient (Wildman–Crippen LogP) is 7.78. The molecule has 1 nitrogen and oxygen atoms in total. The van der Waals surface area contributed by atoms with Crippen LogP contribution in [-0.4, -0.2) is 6.61 Å². The van der Waals surface area contributed by atoms with Gasteiger partial charge in [-0.05, 0) is 84.9 Å². The molecule has 4 atom stereocenters. The van der Waals surface area contributed by atoms with E-state index in [4.69, 9.17) is 4.74 Å². The topological polar surface area (TPSA) is 9.23 Å². The fourth-order valence-corrected chi connectivity index (χ4v) is 5.82. The third-order valence-corrected chi connectivity index (χ3v) is 7.25. The summed E-state index contributed by atoms with van der Waals surface area (Å²) in [4.78, 5) is 0. The quantitative estimate of drug-likeness (QED) is 0.451. The van der Waals surface area contributed by atoms with Crippen molar-refractivity contribution in [3.8, 4) is 5.75 Å². The van der Waals surface area contributed by atoms with Crippen LogP contribution in [-0.2, 0) is 0 Å². The number of halogens is 2. The third-order valence-electron chi connectivity index (χ3n) is 7.25. The highest BCUT2D eigenvalue weighted by molar-refractivity contribution is 5.85. The molecule has 0 spiro atoms. The molecule has 156 valence electrons. The first-order chi connectivity index (χ1) is 14.1. The standard InChI is InChI=1S/C26H32F2O/c1-3-5-17-6-7-19-14-20(9-8-18(19)13-17)22-15-21-10-11-25(29-12-4-2)26(28)23(21)16-24(22)27/h4,10-11,15-20H,2-3,5-9,12-14H2,1H3/t17?,18-,19?,20-/m1/s1. The molecule has 29 heavy (non-hydrogen) atoms. The van der Waals surface area contributed by atoms with Crippen LogP contribution in [0, 0.1) is 29.4 Å². The molecule has 2 aliphatic carbocycles. The van der Waals surface area contributed by atoms with Crippen LogP contribution in [0.1, 0.15) is 69.8 Å². The molecule has 2 aromatic carbocycles. The van der Waals surface area contributed by atoms with Gasteiger partial charge in [0.2, 0.25) is 0 Å². The van der Waals surface area contributed by atoms with Gasteiger partial charge in [0.1, 0.15) is 12.4 Å². The molecule has 0 bridgehead atoms. The molecule has 2 aromatic rings. The maximum Gasteiger partial charge on any atom is 0.172 e. The van der Waals surface area contributed by atoms with Crippen LogP contribution in [0.25, 0.3) is 10.8 Å². The molecule has 2 unspecified atom stereocenters. The lowest BCUT2D eigenvalue weighted by Crippen LogP contribution is -2.30. The maximum absolute atomic E-state index is 15.0. The zero-order chi connectivity index (χ0) is 20.4. The second-order valence-electron chi connectivity index (χ2n) is 9.07. The van der Waals surface area contributed by atoms with Gasteiger partial charge in [0.05, 0.1) is 0 Å². The summed E-state index contributed by atoms with van der Waals surface area (Å²) in [6.45, 7) is 6.09. The highest BCUT2D eigenvalue weighted by Crippen LogP contribution is 2.49. The first-order valence-electron chi connectivity index (χ1n) is 11.3. The summed E-state index contributed by atoms with van der Waals surface area (Å²) in [6, 6.07) is 6.71. The Hall–Kier alpha value is -1.90. The van der Waals surface area contributed by atoms with E-state index < -0.39 is 5.82 Å². The van der Waals surface area contributed by atoms with Crippen molar-refractivity contribution in [3.05, 3.63) is 54.1 Å². The zero-order valence-corrected chi connectivity index (χ0v) is 17.4. The van der Waals surface area contributed by atoms with Gasteiger partial charge in [0, 0.05) is 5.39 Å². The number of hydrogen-bond acceptors (Lipinski definition) is 1. The third kappa shape index (κ3) is 4.20. The Kier molecular flexibility index (Phi) is 6.22. The predicted molar refractivity (Wildman–Crippen MR) is 115 cm³/mol. The minimum Gasteiger partial charge on any atom is -0.486 e. The van der Waals surface area contributed by atoms with Crippen LogP contribution >= 0.6 is 0 Å². The van der Waals surface area contributed by atoms with Crippen molar-refractivity contribution in [1.82, 2.24) is 0 Å².